The van der Waals surface area contributed by atoms with Crippen molar-refractivity contribution in [1.29, 1.82) is 0 Å². The highest BCUT2D eigenvalue weighted by atomic mass is 16.5. The van der Waals surface area contributed by atoms with Crippen molar-refractivity contribution in [2.75, 3.05) is 26.2 Å². The number of hydrogen-bond donors (Lipinski definition) is 3. The summed E-state index contributed by atoms with van der Waals surface area (Å²) in [6, 6.07) is 8.05. The number of rotatable bonds is 10. The Morgan fingerprint density at radius 1 is 1.12 bits per heavy atom. The van der Waals surface area contributed by atoms with Gasteiger partial charge in [0.1, 0.15) is 5.75 Å². The summed E-state index contributed by atoms with van der Waals surface area (Å²) in [5, 5.41) is 9.21. The summed E-state index contributed by atoms with van der Waals surface area (Å²) in [6.07, 6.45) is 5.72. The van der Waals surface area contributed by atoms with E-state index in [0.29, 0.717) is 30.7 Å². The molecule has 1 aromatic carbocycles. The third-order valence-electron chi connectivity index (χ3n) is 4.91. The van der Waals surface area contributed by atoms with E-state index in [9.17, 15) is 9.59 Å². The highest BCUT2D eigenvalue weighted by Gasteiger charge is 2.23. The van der Waals surface area contributed by atoms with Crippen LogP contribution in [0.5, 0.6) is 5.75 Å². The molecule has 1 atom stereocenters. The average Bonchev–Trinajstić information content (AvgIpc) is 3.30. The second-order valence-corrected chi connectivity index (χ2v) is 7.27. The molecular weight excluding hydrogens is 330 g/mol. The topological polar surface area (TPSA) is 79.5 Å². The van der Waals surface area contributed by atoms with Crippen molar-refractivity contribution in [3.8, 4) is 5.75 Å². The molecule has 3 rings (SSSR count). The standard InChI is InChI=1S/C20H29N3O3/c24-19(8-3-16-9-11-21-13-16)22-12-10-15-1-6-18(7-2-15)26-14-20(25)23-17-4-5-17/h1-2,6-7,16-17,21H,3-5,8-14H2,(H,22,24)(H,23,25). The normalized spacial score (nSPS) is 19.2. The fourth-order valence-corrected chi connectivity index (χ4v) is 3.13. The molecule has 1 aliphatic heterocycles. The van der Waals surface area contributed by atoms with Crippen LogP contribution in [0, 0.1) is 5.92 Å². The van der Waals surface area contributed by atoms with Gasteiger partial charge in [-0.25, -0.2) is 0 Å². The van der Waals surface area contributed by atoms with Crippen molar-refractivity contribution in [2.24, 2.45) is 5.92 Å². The maximum Gasteiger partial charge on any atom is 0.258 e. The van der Waals surface area contributed by atoms with E-state index >= 15 is 0 Å². The summed E-state index contributed by atoms with van der Waals surface area (Å²) in [6.45, 7) is 2.83. The van der Waals surface area contributed by atoms with Gasteiger partial charge in [-0.1, -0.05) is 12.1 Å². The molecule has 1 heterocycles. The average molecular weight is 359 g/mol. The summed E-state index contributed by atoms with van der Waals surface area (Å²) in [5.41, 5.74) is 1.14. The lowest BCUT2D eigenvalue weighted by atomic mass is 10.0. The van der Waals surface area contributed by atoms with Gasteiger partial charge in [-0.15, -0.1) is 0 Å². The molecule has 2 amide bonds. The Kier molecular flexibility index (Phi) is 6.89. The Bertz CT molecular complexity index is 593. The molecule has 1 aliphatic carbocycles. The number of amides is 2. The zero-order valence-electron chi connectivity index (χ0n) is 15.3. The molecule has 1 saturated carbocycles. The van der Waals surface area contributed by atoms with E-state index < -0.39 is 0 Å². The molecule has 0 radical (unpaired) electrons. The summed E-state index contributed by atoms with van der Waals surface area (Å²) < 4.78 is 5.49. The first-order chi connectivity index (χ1) is 12.7. The van der Waals surface area contributed by atoms with Gasteiger partial charge in [-0.05, 0) is 68.8 Å². The lowest BCUT2D eigenvalue weighted by Crippen LogP contribution is -2.30. The number of benzene rings is 1. The van der Waals surface area contributed by atoms with Crippen LogP contribution in [-0.2, 0) is 16.0 Å². The fraction of sp³-hybridized carbons (Fsp3) is 0.600. The van der Waals surface area contributed by atoms with Crippen molar-refractivity contribution >= 4 is 11.8 Å². The van der Waals surface area contributed by atoms with E-state index in [1.165, 1.54) is 6.42 Å². The Morgan fingerprint density at radius 3 is 2.62 bits per heavy atom. The highest BCUT2D eigenvalue weighted by Crippen LogP contribution is 2.18. The minimum Gasteiger partial charge on any atom is -0.484 e. The maximum absolute atomic E-state index is 11.9. The monoisotopic (exact) mass is 359 g/mol. The molecule has 142 valence electrons. The molecule has 1 aromatic rings. The van der Waals surface area contributed by atoms with Crippen molar-refractivity contribution in [3.63, 3.8) is 0 Å². The minimum absolute atomic E-state index is 0.0580. The van der Waals surface area contributed by atoms with E-state index in [2.05, 4.69) is 16.0 Å². The zero-order chi connectivity index (χ0) is 18.2. The quantitative estimate of drug-likeness (QED) is 0.590. The first-order valence-electron chi connectivity index (χ1n) is 9.67. The molecular formula is C20H29N3O3. The van der Waals surface area contributed by atoms with Crippen LogP contribution >= 0.6 is 0 Å². The predicted molar refractivity (Wildman–Crippen MR) is 100 cm³/mol. The number of nitrogens with one attached hydrogen (secondary N) is 3. The van der Waals surface area contributed by atoms with Gasteiger partial charge in [0.2, 0.25) is 5.91 Å². The Labute approximate surface area is 155 Å². The first-order valence-corrected chi connectivity index (χ1v) is 9.67. The van der Waals surface area contributed by atoms with Crippen molar-refractivity contribution < 1.29 is 14.3 Å². The maximum atomic E-state index is 11.9. The molecule has 1 saturated heterocycles. The summed E-state index contributed by atoms with van der Waals surface area (Å²) in [4.78, 5) is 23.5. The van der Waals surface area contributed by atoms with Crippen molar-refractivity contribution in [1.82, 2.24) is 16.0 Å². The van der Waals surface area contributed by atoms with Crippen LogP contribution in [0.3, 0.4) is 0 Å². The van der Waals surface area contributed by atoms with Gasteiger partial charge in [0, 0.05) is 19.0 Å². The zero-order valence-corrected chi connectivity index (χ0v) is 15.3. The predicted octanol–water partition coefficient (Wildman–Crippen LogP) is 1.39. The lowest BCUT2D eigenvalue weighted by Gasteiger charge is -2.09. The number of hydrogen-bond acceptors (Lipinski definition) is 4. The van der Waals surface area contributed by atoms with Gasteiger partial charge in [-0.3, -0.25) is 9.59 Å². The lowest BCUT2D eigenvalue weighted by molar-refractivity contribution is -0.123. The van der Waals surface area contributed by atoms with Crippen molar-refractivity contribution in [2.45, 2.75) is 44.6 Å². The third-order valence-corrected chi connectivity index (χ3v) is 4.91. The molecule has 6 heteroatoms. The summed E-state index contributed by atoms with van der Waals surface area (Å²) >= 11 is 0. The van der Waals surface area contributed by atoms with Crippen LogP contribution in [0.2, 0.25) is 0 Å². The minimum atomic E-state index is -0.0623. The molecule has 1 unspecified atom stereocenters. The van der Waals surface area contributed by atoms with Crippen LogP contribution in [0.1, 0.15) is 37.7 Å². The SMILES string of the molecule is O=C(CCC1CCNC1)NCCc1ccc(OCC(=O)NC2CC2)cc1. The second-order valence-electron chi connectivity index (χ2n) is 7.27. The van der Waals surface area contributed by atoms with Gasteiger partial charge in [0.05, 0.1) is 0 Å². The van der Waals surface area contributed by atoms with E-state index in [-0.39, 0.29) is 18.4 Å². The van der Waals surface area contributed by atoms with E-state index in [4.69, 9.17) is 4.74 Å². The molecule has 0 bridgehead atoms. The van der Waals surface area contributed by atoms with E-state index in [0.717, 1.165) is 44.3 Å². The van der Waals surface area contributed by atoms with Gasteiger partial charge < -0.3 is 20.7 Å². The smallest absolute Gasteiger partial charge is 0.258 e. The molecule has 2 fully saturated rings. The molecule has 3 N–H and O–H groups in total. The molecule has 0 aromatic heterocycles. The van der Waals surface area contributed by atoms with Crippen LogP contribution in [0.4, 0.5) is 0 Å². The molecule has 0 spiro atoms. The molecule has 26 heavy (non-hydrogen) atoms. The van der Waals surface area contributed by atoms with Gasteiger partial charge in [0.25, 0.3) is 5.91 Å². The highest BCUT2D eigenvalue weighted by molar-refractivity contribution is 5.78. The van der Waals surface area contributed by atoms with Crippen molar-refractivity contribution in [3.05, 3.63) is 29.8 Å². The van der Waals surface area contributed by atoms with Crippen LogP contribution in [-0.4, -0.2) is 44.1 Å². The van der Waals surface area contributed by atoms with Crippen LogP contribution < -0.4 is 20.7 Å². The second kappa shape index (κ2) is 9.57. The Hall–Kier alpha value is -2.08. The first kappa shape index (κ1) is 18.7. The van der Waals surface area contributed by atoms with Gasteiger partial charge >= 0.3 is 0 Å². The summed E-state index contributed by atoms with van der Waals surface area (Å²) in [5.74, 6) is 1.42. The Balaban J connectivity index is 1.28. The summed E-state index contributed by atoms with van der Waals surface area (Å²) in [7, 11) is 0. The van der Waals surface area contributed by atoms with E-state index in [1.54, 1.807) is 0 Å². The fourth-order valence-electron chi connectivity index (χ4n) is 3.13. The van der Waals surface area contributed by atoms with Crippen LogP contribution in [0.25, 0.3) is 0 Å². The van der Waals surface area contributed by atoms with Gasteiger partial charge in [-0.2, -0.15) is 0 Å². The number of carbonyl (C=O) groups is 2. The largest absolute Gasteiger partial charge is 0.484 e. The third kappa shape index (κ3) is 6.67. The molecule has 6 nitrogen and oxygen atoms in total. The van der Waals surface area contributed by atoms with Crippen LogP contribution in [0.15, 0.2) is 24.3 Å². The molecule has 2 aliphatic rings. The number of ether oxygens (including phenoxy) is 1. The number of carbonyl (C=O) groups excluding carboxylic acids is 2. The Morgan fingerprint density at radius 2 is 1.92 bits per heavy atom. The van der Waals surface area contributed by atoms with Gasteiger partial charge in [0.15, 0.2) is 6.61 Å². The van der Waals surface area contributed by atoms with E-state index in [1.807, 2.05) is 24.3 Å².